The summed E-state index contributed by atoms with van der Waals surface area (Å²) in [7, 11) is 2.05. The van der Waals surface area contributed by atoms with Gasteiger partial charge in [0.1, 0.15) is 5.82 Å². The number of rotatable bonds is 3. The number of aromatic nitrogens is 3. The highest BCUT2D eigenvalue weighted by Gasteiger charge is 2.32. The van der Waals surface area contributed by atoms with E-state index < -0.39 is 0 Å². The number of nitrogens with two attached hydrogens (primary N) is 1. The average molecular weight is 248 g/mol. The second-order valence-corrected chi connectivity index (χ2v) is 5.97. The van der Waals surface area contributed by atoms with E-state index in [0.29, 0.717) is 17.8 Å². The summed E-state index contributed by atoms with van der Waals surface area (Å²) >= 11 is 0. The third kappa shape index (κ3) is 2.07. The summed E-state index contributed by atoms with van der Waals surface area (Å²) in [6, 6.07) is 0. The van der Waals surface area contributed by atoms with Crippen LogP contribution >= 0.6 is 0 Å². The van der Waals surface area contributed by atoms with Crippen LogP contribution in [-0.2, 0) is 7.05 Å². The van der Waals surface area contributed by atoms with Crippen LogP contribution in [0.1, 0.15) is 68.4 Å². The van der Waals surface area contributed by atoms with Gasteiger partial charge in [0.05, 0.1) is 0 Å². The number of hydrogen-bond donors (Lipinski definition) is 1. The number of hydrogen-bond acceptors (Lipinski definition) is 3. The van der Waals surface area contributed by atoms with Gasteiger partial charge in [-0.2, -0.15) is 5.10 Å². The van der Waals surface area contributed by atoms with Crippen LogP contribution in [0, 0.1) is 5.92 Å². The van der Waals surface area contributed by atoms with Crippen molar-refractivity contribution in [2.45, 2.75) is 56.8 Å². The number of nitrogens with zero attached hydrogens (tertiary/aromatic N) is 3. The maximum absolute atomic E-state index is 5.88. The van der Waals surface area contributed by atoms with Crippen LogP contribution in [0.15, 0.2) is 0 Å². The van der Waals surface area contributed by atoms with Gasteiger partial charge < -0.3 is 5.73 Å². The van der Waals surface area contributed by atoms with E-state index in [9.17, 15) is 0 Å². The topological polar surface area (TPSA) is 56.7 Å². The summed E-state index contributed by atoms with van der Waals surface area (Å²) in [6.45, 7) is 0.788. The van der Waals surface area contributed by atoms with Gasteiger partial charge in [-0.3, -0.25) is 4.68 Å². The van der Waals surface area contributed by atoms with Gasteiger partial charge in [-0.15, -0.1) is 0 Å². The van der Waals surface area contributed by atoms with Crippen molar-refractivity contribution in [2.75, 3.05) is 6.54 Å². The molecule has 2 aliphatic rings. The van der Waals surface area contributed by atoms with Crippen LogP contribution in [0.5, 0.6) is 0 Å². The maximum atomic E-state index is 5.88. The summed E-state index contributed by atoms with van der Waals surface area (Å²) in [5.74, 6) is 4.05. The molecule has 0 aliphatic heterocycles. The molecule has 2 unspecified atom stereocenters. The molecule has 1 aromatic rings. The van der Waals surface area contributed by atoms with Crippen LogP contribution in [0.4, 0.5) is 0 Å². The molecule has 2 fully saturated rings. The largest absolute Gasteiger partial charge is 0.330 e. The van der Waals surface area contributed by atoms with Gasteiger partial charge in [0.15, 0.2) is 5.82 Å². The average Bonchev–Trinajstić information content (AvgIpc) is 3.08. The monoisotopic (exact) mass is 248 g/mol. The zero-order valence-corrected chi connectivity index (χ0v) is 11.3. The Bertz CT molecular complexity index is 406. The van der Waals surface area contributed by atoms with Crippen molar-refractivity contribution in [2.24, 2.45) is 18.7 Å². The summed E-state index contributed by atoms with van der Waals surface area (Å²) < 4.78 is 2.02. The second kappa shape index (κ2) is 5.00. The van der Waals surface area contributed by atoms with E-state index in [1.807, 2.05) is 11.7 Å². The molecule has 0 bridgehead atoms. The Balaban J connectivity index is 1.83. The lowest BCUT2D eigenvalue weighted by molar-refractivity contribution is 0.460. The molecular formula is C14H24N4. The molecule has 2 atom stereocenters. The molecule has 0 radical (unpaired) electrons. The van der Waals surface area contributed by atoms with Gasteiger partial charge in [0.2, 0.25) is 0 Å². The van der Waals surface area contributed by atoms with Gasteiger partial charge in [0.25, 0.3) is 0 Å². The fraction of sp³-hybridized carbons (Fsp3) is 0.857. The van der Waals surface area contributed by atoms with Gasteiger partial charge in [-0.25, -0.2) is 4.98 Å². The van der Waals surface area contributed by atoms with E-state index in [0.717, 1.165) is 12.4 Å². The summed E-state index contributed by atoms with van der Waals surface area (Å²) in [5.41, 5.74) is 5.88. The predicted octanol–water partition coefficient (Wildman–Crippen LogP) is 2.32. The van der Waals surface area contributed by atoms with Crippen molar-refractivity contribution in [3.05, 3.63) is 11.6 Å². The Morgan fingerprint density at radius 1 is 1.17 bits per heavy atom. The smallest absolute Gasteiger partial charge is 0.154 e. The van der Waals surface area contributed by atoms with E-state index in [4.69, 9.17) is 10.7 Å². The van der Waals surface area contributed by atoms with Crippen molar-refractivity contribution in [3.8, 4) is 0 Å². The Kier molecular flexibility index (Phi) is 3.37. The molecule has 3 rings (SSSR count). The van der Waals surface area contributed by atoms with Crippen molar-refractivity contribution >= 4 is 0 Å². The Morgan fingerprint density at radius 3 is 2.67 bits per heavy atom. The van der Waals surface area contributed by atoms with E-state index in [-0.39, 0.29) is 0 Å². The first kappa shape index (κ1) is 12.2. The van der Waals surface area contributed by atoms with Gasteiger partial charge in [0, 0.05) is 18.9 Å². The third-order valence-corrected chi connectivity index (χ3v) is 4.83. The maximum Gasteiger partial charge on any atom is 0.154 e. The van der Waals surface area contributed by atoms with Crippen LogP contribution in [-0.4, -0.2) is 21.3 Å². The quantitative estimate of drug-likeness (QED) is 0.893. The molecule has 4 nitrogen and oxygen atoms in total. The Morgan fingerprint density at radius 2 is 1.94 bits per heavy atom. The van der Waals surface area contributed by atoms with Crippen LogP contribution in [0.3, 0.4) is 0 Å². The van der Waals surface area contributed by atoms with Crippen molar-refractivity contribution < 1.29 is 0 Å². The van der Waals surface area contributed by atoms with Gasteiger partial charge in [-0.1, -0.05) is 19.3 Å². The standard InChI is InChI=1S/C14H24N4/c1-18-14(12-8-4-7-11(12)9-15)16-13(17-18)10-5-2-3-6-10/h10-12H,2-9,15H2,1H3. The molecule has 2 aliphatic carbocycles. The van der Waals surface area contributed by atoms with Crippen molar-refractivity contribution in [1.82, 2.24) is 14.8 Å². The first-order valence-corrected chi connectivity index (χ1v) is 7.40. The number of aryl methyl sites for hydroxylation is 1. The first-order valence-electron chi connectivity index (χ1n) is 7.40. The molecule has 0 saturated heterocycles. The molecule has 0 aromatic carbocycles. The van der Waals surface area contributed by atoms with E-state index in [1.54, 1.807) is 0 Å². The summed E-state index contributed by atoms with van der Waals surface area (Å²) in [6.07, 6.45) is 9.01. The zero-order valence-electron chi connectivity index (χ0n) is 11.3. The van der Waals surface area contributed by atoms with Crippen LogP contribution in [0.25, 0.3) is 0 Å². The van der Waals surface area contributed by atoms with E-state index >= 15 is 0 Å². The molecule has 100 valence electrons. The first-order chi connectivity index (χ1) is 8.79. The highest BCUT2D eigenvalue weighted by atomic mass is 15.3. The lowest BCUT2D eigenvalue weighted by Crippen LogP contribution is -2.19. The molecule has 18 heavy (non-hydrogen) atoms. The lowest BCUT2D eigenvalue weighted by Gasteiger charge is -2.16. The van der Waals surface area contributed by atoms with Crippen molar-refractivity contribution in [3.63, 3.8) is 0 Å². The lowest BCUT2D eigenvalue weighted by atomic mass is 9.95. The fourth-order valence-electron chi connectivity index (χ4n) is 3.76. The molecular weight excluding hydrogens is 224 g/mol. The highest BCUT2D eigenvalue weighted by molar-refractivity contribution is 5.08. The van der Waals surface area contributed by atoms with Gasteiger partial charge in [-0.05, 0) is 38.1 Å². The van der Waals surface area contributed by atoms with E-state index in [1.165, 1.54) is 50.8 Å². The molecule has 0 amide bonds. The predicted molar refractivity (Wildman–Crippen MR) is 71.3 cm³/mol. The van der Waals surface area contributed by atoms with Gasteiger partial charge >= 0.3 is 0 Å². The van der Waals surface area contributed by atoms with Crippen LogP contribution in [0.2, 0.25) is 0 Å². The van der Waals surface area contributed by atoms with Crippen molar-refractivity contribution in [1.29, 1.82) is 0 Å². The highest BCUT2D eigenvalue weighted by Crippen LogP contribution is 2.39. The molecule has 2 N–H and O–H groups in total. The molecule has 0 spiro atoms. The SMILES string of the molecule is Cn1nc(C2CCCC2)nc1C1CCCC1CN. The molecule has 1 aromatic heterocycles. The Hall–Kier alpha value is -0.900. The fourth-order valence-corrected chi connectivity index (χ4v) is 3.76. The zero-order chi connectivity index (χ0) is 12.5. The van der Waals surface area contributed by atoms with Crippen LogP contribution < -0.4 is 5.73 Å². The minimum atomic E-state index is 0.544. The second-order valence-electron chi connectivity index (χ2n) is 5.97. The minimum absolute atomic E-state index is 0.544. The normalized spacial score (nSPS) is 29.2. The third-order valence-electron chi connectivity index (χ3n) is 4.83. The summed E-state index contributed by atoms with van der Waals surface area (Å²) in [5, 5.41) is 4.67. The summed E-state index contributed by atoms with van der Waals surface area (Å²) in [4.78, 5) is 4.87. The molecule has 4 heteroatoms. The Labute approximate surface area is 109 Å². The molecule has 2 saturated carbocycles. The van der Waals surface area contributed by atoms with E-state index in [2.05, 4.69) is 5.10 Å². The molecule has 1 heterocycles. The minimum Gasteiger partial charge on any atom is -0.330 e.